The Morgan fingerprint density at radius 3 is 2.93 bits per heavy atom. The van der Waals surface area contributed by atoms with E-state index >= 15 is 0 Å². The number of halogens is 1. The van der Waals surface area contributed by atoms with Crippen LogP contribution in [0.2, 0.25) is 0 Å². The summed E-state index contributed by atoms with van der Waals surface area (Å²) in [6.07, 6.45) is -2.14. The zero-order chi connectivity index (χ0) is 10.6. The summed E-state index contributed by atoms with van der Waals surface area (Å²) < 4.78 is 12.8. The summed E-state index contributed by atoms with van der Waals surface area (Å²) in [4.78, 5) is 13.5. The number of azide groups is 1. The summed E-state index contributed by atoms with van der Waals surface area (Å²) in [5.41, 5.74) is 9.02. The highest BCUT2D eigenvalue weighted by Gasteiger charge is 2.16. The number of carbonyl (C=O) groups is 1. The fourth-order valence-corrected chi connectivity index (χ4v) is 1.03. The topological polar surface area (TPSA) is 65.8 Å². The average molecular weight is 193 g/mol. The van der Waals surface area contributed by atoms with E-state index in [0.29, 0.717) is 0 Å². The summed E-state index contributed by atoms with van der Waals surface area (Å²) in [5, 5.41) is 2.69. The van der Waals surface area contributed by atoms with Gasteiger partial charge in [0, 0.05) is 10.5 Å². The Morgan fingerprint density at radius 2 is 2.36 bits per heavy atom. The van der Waals surface area contributed by atoms with Gasteiger partial charge >= 0.3 is 0 Å². The van der Waals surface area contributed by atoms with Crippen LogP contribution in [0.25, 0.3) is 10.4 Å². The first-order chi connectivity index (χ1) is 6.65. The molecule has 1 aromatic rings. The highest BCUT2D eigenvalue weighted by atomic mass is 19.1. The number of hydrogen-bond acceptors (Lipinski definition) is 2. The maximum atomic E-state index is 12.8. The average Bonchev–Trinajstić information content (AvgIpc) is 2.17. The lowest BCUT2D eigenvalue weighted by atomic mass is 10.1. The molecule has 1 rings (SSSR count). The molecule has 0 aliphatic carbocycles. The van der Waals surface area contributed by atoms with Gasteiger partial charge in [-0.25, -0.2) is 4.39 Å². The zero-order valence-electron chi connectivity index (χ0n) is 7.51. The molecule has 14 heavy (non-hydrogen) atoms. The van der Waals surface area contributed by atoms with Crippen molar-refractivity contribution in [2.45, 2.75) is 13.2 Å². The van der Waals surface area contributed by atoms with Gasteiger partial charge in [-0.05, 0) is 23.6 Å². The lowest BCUT2D eigenvalue weighted by molar-refractivity contribution is 0.0883. The van der Waals surface area contributed by atoms with E-state index in [0.717, 1.165) is 5.56 Å². The van der Waals surface area contributed by atoms with Gasteiger partial charge in [0.2, 0.25) is 12.1 Å². The molecular weight excluding hydrogens is 185 g/mol. The number of nitrogens with zero attached hydrogens (tertiary/aromatic N) is 3. The fourth-order valence-electron chi connectivity index (χ4n) is 1.03. The van der Waals surface area contributed by atoms with Gasteiger partial charge in [0.1, 0.15) is 0 Å². The Labute approximate surface area is 80.0 Å². The molecule has 0 bridgehead atoms. The number of ketones is 1. The van der Waals surface area contributed by atoms with Crippen LogP contribution in [0.3, 0.4) is 0 Å². The number of Topliss-reactive ketones (excluding diaryl/α,β-unsaturated/α-hetero) is 1. The van der Waals surface area contributed by atoms with Crippen LogP contribution in [0.5, 0.6) is 0 Å². The van der Waals surface area contributed by atoms with Gasteiger partial charge in [-0.2, -0.15) is 0 Å². The van der Waals surface area contributed by atoms with Crippen LogP contribution in [-0.4, -0.2) is 12.1 Å². The van der Waals surface area contributed by atoms with Crippen molar-refractivity contribution < 1.29 is 9.18 Å². The van der Waals surface area contributed by atoms with Crippen LogP contribution >= 0.6 is 0 Å². The molecule has 0 N–H and O–H groups in total. The van der Waals surface area contributed by atoms with Gasteiger partial charge in [0.25, 0.3) is 0 Å². The number of carbonyl (C=O) groups excluding carboxylic acids is 1. The molecule has 0 saturated heterocycles. The minimum Gasteiger partial charge on any atom is -0.291 e. The van der Waals surface area contributed by atoms with E-state index < -0.39 is 12.1 Å². The lowest BCUT2D eigenvalue weighted by Gasteiger charge is -2.01. The number of alkyl halides is 1. The molecule has 4 nitrogen and oxygen atoms in total. The molecule has 0 radical (unpaired) electrons. The van der Waals surface area contributed by atoms with E-state index in [4.69, 9.17) is 5.53 Å². The van der Waals surface area contributed by atoms with Gasteiger partial charge in [-0.1, -0.05) is 23.8 Å². The Hall–Kier alpha value is -1.87. The monoisotopic (exact) mass is 193 g/mol. The molecule has 0 saturated carbocycles. The first kappa shape index (κ1) is 10.2. The molecule has 5 heteroatoms. The van der Waals surface area contributed by atoms with E-state index in [1.54, 1.807) is 25.1 Å². The summed E-state index contributed by atoms with van der Waals surface area (Å²) in [5.74, 6) is -0.813. The van der Waals surface area contributed by atoms with Crippen molar-refractivity contribution in [3.05, 3.63) is 45.8 Å². The normalized spacial score (nSPS) is 11.6. The van der Waals surface area contributed by atoms with E-state index in [1.807, 2.05) is 0 Å². The zero-order valence-corrected chi connectivity index (χ0v) is 7.51. The van der Waals surface area contributed by atoms with Crippen LogP contribution < -0.4 is 0 Å². The fraction of sp³-hybridized carbons (Fsp3) is 0.222. The Kier molecular flexibility index (Phi) is 3.20. The van der Waals surface area contributed by atoms with Gasteiger partial charge in [0.15, 0.2) is 0 Å². The van der Waals surface area contributed by atoms with Crippen molar-refractivity contribution in [3.8, 4) is 0 Å². The van der Waals surface area contributed by atoms with E-state index in [-0.39, 0.29) is 5.56 Å². The molecule has 0 aliphatic heterocycles. The van der Waals surface area contributed by atoms with E-state index in [2.05, 4.69) is 10.0 Å². The van der Waals surface area contributed by atoms with Crippen molar-refractivity contribution >= 4 is 5.78 Å². The van der Waals surface area contributed by atoms with Gasteiger partial charge in [-0.3, -0.25) is 4.79 Å². The predicted molar refractivity (Wildman–Crippen MR) is 49.6 cm³/mol. The number of rotatable bonds is 3. The lowest BCUT2D eigenvalue weighted by Crippen LogP contribution is -2.12. The van der Waals surface area contributed by atoms with E-state index in [9.17, 15) is 9.18 Å². The van der Waals surface area contributed by atoms with Gasteiger partial charge in [0.05, 0.1) is 0 Å². The standard InChI is InChI=1S/C9H8FN3O/c1-6-3-2-4-7(5-6)8(14)9(10)12-13-11/h2-5,9H,1H3. The first-order valence-electron chi connectivity index (χ1n) is 3.94. The second-order valence-corrected chi connectivity index (χ2v) is 2.77. The van der Waals surface area contributed by atoms with Crippen molar-refractivity contribution in [1.29, 1.82) is 0 Å². The van der Waals surface area contributed by atoms with Crippen LogP contribution in [0.15, 0.2) is 29.4 Å². The van der Waals surface area contributed by atoms with Crippen LogP contribution in [0.4, 0.5) is 4.39 Å². The summed E-state index contributed by atoms with van der Waals surface area (Å²) in [6, 6.07) is 6.46. The third kappa shape index (κ3) is 2.31. The highest BCUT2D eigenvalue weighted by Crippen LogP contribution is 2.09. The highest BCUT2D eigenvalue weighted by molar-refractivity contribution is 5.99. The number of aryl methyl sites for hydroxylation is 1. The number of benzene rings is 1. The molecule has 0 heterocycles. The van der Waals surface area contributed by atoms with Crippen LogP contribution in [-0.2, 0) is 0 Å². The van der Waals surface area contributed by atoms with Gasteiger partial charge < -0.3 is 0 Å². The van der Waals surface area contributed by atoms with Crippen molar-refractivity contribution in [2.75, 3.05) is 0 Å². The predicted octanol–water partition coefficient (Wildman–Crippen LogP) is 2.78. The molecule has 0 aliphatic rings. The van der Waals surface area contributed by atoms with E-state index in [1.165, 1.54) is 6.07 Å². The second kappa shape index (κ2) is 4.39. The quantitative estimate of drug-likeness (QED) is 0.239. The van der Waals surface area contributed by atoms with Crippen molar-refractivity contribution in [2.24, 2.45) is 5.11 Å². The maximum Gasteiger partial charge on any atom is 0.241 e. The smallest absolute Gasteiger partial charge is 0.241 e. The maximum absolute atomic E-state index is 12.8. The summed E-state index contributed by atoms with van der Waals surface area (Å²) >= 11 is 0. The molecule has 0 fully saturated rings. The Bertz CT molecular complexity index is 399. The summed E-state index contributed by atoms with van der Waals surface area (Å²) in [6.45, 7) is 1.79. The van der Waals surface area contributed by atoms with Crippen LogP contribution in [0.1, 0.15) is 15.9 Å². The van der Waals surface area contributed by atoms with Crippen LogP contribution in [0, 0.1) is 6.92 Å². The first-order valence-corrected chi connectivity index (χ1v) is 3.94. The molecular formula is C9H8FN3O. The molecule has 1 aromatic carbocycles. The third-order valence-corrected chi connectivity index (χ3v) is 1.67. The molecule has 1 unspecified atom stereocenters. The summed E-state index contributed by atoms with van der Waals surface area (Å²) in [7, 11) is 0. The minimum atomic E-state index is -2.14. The molecule has 0 spiro atoms. The largest absolute Gasteiger partial charge is 0.291 e. The second-order valence-electron chi connectivity index (χ2n) is 2.77. The Balaban J connectivity index is 2.94. The molecule has 0 aromatic heterocycles. The minimum absolute atomic E-state index is 0.213. The molecule has 72 valence electrons. The third-order valence-electron chi connectivity index (χ3n) is 1.67. The van der Waals surface area contributed by atoms with Crippen molar-refractivity contribution in [3.63, 3.8) is 0 Å². The molecule has 0 amide bonds. The number of hydrogen-bond donors (Lipinski definition) is 0. The van der Waals surface area contributed by atoms with Crippen molar-refractivity contribution in [1.82, 2.24) is 0 Å². The SMILES string of the molecule is Cc1cccc(C(=O)C(F)N=[N+]=[N-])c1. The Morgan fingerprint density at radius 1 is 1.64 bits per heavy atom. The molecule has 1 atom stereocenters. The van der Waals surface area contributed by atoms with Gasteiger partial charge in [-0.15, -0.1) is 0 Å².